The molecule has 148 valence electrons. The maximum Gasteiger partial charge on any atom is 0.255 e. The van der Waals surface area contributed by atoms with E-state index in [1.54, 1.807) is 13.2 Å². The van der Waals surface area contributed by atoms with Crippen LogP contribution in [0.2, 0.25) is 0 Å². The monoisotopic (exact) mass is 385 g/mol. The molecule has 1 spiro atoms. The van der Waals surface area contributed by atoms with Crippen LogP contribution in [-0.4, -0.2) is 30.2 Å². The van der Waals surface area contributed by atoms with Crippen LogP contribution in [0.1, 0.15) is 48.1 Å². The molecule has 3 aliphatic rings. The second kappa shape index (κ2) is 6.58. The first-order chi connectivity index (χ1) is 13.6. The van der Waals surface area contributed by atoms with Gasteiger partial charge in [0.25, 0.3) is 5.56 Å². The Balaban J connectivity index is 1.42. The van der Waals surface area contributed by atoms with Crippen LogP contribution in [0.3, 0.4) is 0 Å². The molecule has 1 aliphatic carbocycles. The van der Waals surface area contributed by atoms with Crippen molar-refractivity contribution in [3.63, 3.8) is 0 Å². The average molecular weight is 385 g/mol. The maximum atomic E-state index is 14.7. The molecule has 5 rings (SSSR count). The fraction of sp³-hybridized carbons (Fsp3) is 0.524. The van der Waals surface area contributed by atoms with Gasteiger partial charge >= 0.3 is 0 Å². The summed E-state index contributed by atoms with van der Waals surface area (Å²) >= 11 is 0. The third kappa shape index (κ3) is 2.64. The molecule has 0 atom stereocenters. The van der Waals surface area contributed by atoms with Crippen molar-refractivity contribution in [2.75, 3.05) is 25.1 Å². The minimum atomic E-state index is -0.626. The zero-order chi connectivity index (χ0) is 19.3. The highest BCUT2D eigenvalue weighted by Gasteiger charge is 2.46. The highest BCUT2D eigenvalue weighted by atomic mass is 19.1. The Kier molecular flexibility index (Phi) is 4.16. The summed E-state index contributed by atoms with van der Waals surface area (Å²) in [5, 5.41) is 0. The number of aromatic nitrogens is 2. The van der Waals surface area contributed by atoms with E-state index < -0.39 is 5.60 Å². The van der Waals surface area contributed by atoms with Gasteiger partial charge in [0.15, 0.2) is 0 Å². The number of halogens is 1. The molecule has 1 N–H and O–H groups in total. The number of hydrogen-bond donors (Lipinski definition) is 1. The van der Waals surface area contributed by atoms with Crippen molar-refractivity contribution in [1.29, 1.82) is 0 Å². The Labute approximate surface area is 162 Å². The molecule has 6 nitrogen and oxygen atoms in total. The molecule has 0 saturated carbocycles. The van der Waals surface area contributed by atoms with Crippen LogP contribution in [0.15, 0.2) is 16.9 Å². The summed E-state index contributed by atoms with van der Waals surface area (Å²) in [6, 6.07) is 3.12. The number of methoxy groups -OCH3 is 1. The van der Waals surface area contributed by atoms with Crippen molar-refractivity contribution >= 4 is 5.95 Å². The predicted molar refractivity (Wildman–Crippen MR) is 102 cm³/mol. The number of nitrogens with zero attached hydrogens (tertiary/aromatic N) is 2. The molecule has 28 heavy (non-hydrogen) atoms. The van der Waals surface area contributed by atoms with Gasteiger partial charge in [0.2, 0.25) is 5.95 Å². The summed E-state index contributed by atoms with van der Waals surface area (Å²) in [5.41, 5.74) is 2.58. The van der Waals surface area contributed by atoms with Crippen LogP contribution in [0.25, 0.3) is 0 Å². The fourth-order valence-electron chi connectivity index (χ4n) is 4.92. The summed E-state index contributed by atoms with van der Waals surface area (Å²) in [6.07, 6.45) is 5.10. The molecule has 3 heterocycles. The number of piperidine rings is 1. The number of aryl methyl sites for hydroxylation is 1. The largest absolute Gasteiger partial charge is 0.496 e. The Morgan fingerprint density at radius 2 is 2.00 bits per heavy atom. The van der Waals surface area contributed by atoms with Gasteiger partial charge in [-0.1, -0.05) is 0 Å². The standard InChI is InChI=1S/C21H24FN3O3/c1-27-17-7-6-15(22)18-14(17)12-28-21(18)8-10-25(11-9-21)20-23-16-5-3-2-4-13(16)19(26)24-20/h6-7H,2-5,8-12H2,1H3,(H,23,24,26). The first-order valence-electron chi connectivity index (χ1n) is 9.98. The lowest BCUT2D eigenvalue weighted by Gasteiger charge is -2.39. The molecule has 2 aliphatic heterocycles. The van der Waals surface area contributed by atoms with Crippen LogP contribution in [0.5, 0.6) is 5.75 Å². The third-order valence-corrected chi connectivity index (χ3v) is 6.44. The number of benzene rings is 1. The smallest absolute Gasteiger partial charge is 0.255 e. The van der Waals surface area contributed by atoms with Gasteiger partial charge in [-0.15, -0.1) is 0 Å². The highest BCUT2D eigenvalue weighted by Crippen LogP contribution is 2.48. The number of aromatic amines is 1. The van der Waals surface area contributed by atoms with Crippen LogP contribution >= 0.6 is 0 Å². The molecule has 1 aromatic carbocycles. The molecule has 0 unspecified atom stereocenters. The molecule has 0 amide bonds. The number of rotatable bonds is 2. The summed E-state index contributed by atoms with van der Waals surface area (Å²) in [5.74, 6) is 1.07. The zero-order valence-corrected chi connectivity index (χ0v) is 16.0. The van der Waals surface area contributed by atoms with E-state index >= 15 is 0 Å². The quantitative estimate of drug-likeness (QED) is 0.861. The SMILES string of the molecule is COc1ccc(F)c2c1COC21CCN(c2nc3c(c(=O)[nH]2)CCCC3)CC1. The number of nitrogens with one attached hydrogen (secondary N) is 1. The fourth-order valence-corrected chi connectivity index (χ4v) is 4.92. The summed E-state index contributed by atoms with van der Waals surface area (Å²) in [4.78, 5) is 22.2. The van der Waals surface area contributed by atoms with Crippen molar-refractivity contribution < 1.29 is 13.9 Å². The first kappa shape index (κ1) is 17.7. The van der Waals surface area contributed by atoms with E-state index in [1.807, 2.05) is 0 Å². The number of ether oxygens (including phenoxy) is 2. The van der Waals surface area contributed by atoms with Crippen molar-refractivity contribution in [1.82, 2.24) is 9.97 Å². The van der Waals surface area contributed by atoms with Crippen molar-refractivity contribution in [3.8, 4) is 5.75 Å². The van der Waals surface area contributed by atoms with E-state index in [4.69, 9.17) is 14.5 Å². The van der Waals surface area contributed by atoms with E-state index in [0.29, 0.717) is 49.8 Å². The predicted octanol–water partition coefficient (Wildman–Crippen LogP) is 2.82. The van der Waals surface area contributed by atoms with Gasteiger partial charge in [-0.3, -0.25) is 9.78 Å². The highest BCUT2D eigenvalue weighted by molar-refractivity contribution is 5.47. The summed E-state index contributed by atoms with van der Waals surface area (Å²) in [6.45, 7) is 1.67. The van der Waals surface area contributed by atoms with Gasteiger partial charge < -0.3 is 14.4 Å². The average Bonchev–Trinajstić information content (AvgIpc) is 3.09. The lowest BCUT2D eigenvalue weighted by Crippen LogP contribution is -2.44. The number of hydrogen-bond acceptors (Lipinski definition) is 5. The van der Waals surface area contributed by atoms with E-state index in [0.717, 1.165) is 42.5 Å². The minimum absolute atomic E-state index is 0.0155. The lowest BCUT2D eigenvalue weighted by atomic mass is 9.83. The third-order valence-electron chi connectivity index (χ3n) is 6.44. The van der Waals surface area contributed by atoms with Crippen LogP contribution < -0.4 is 15.2 Å². The van der Waals surface area contributed by atoms with Gasteiger partial charge in [0.1, 0.15) is 17.2 Å². The molecular formula is C21H24FN3O3. The van der Waals surface area contributed by atoms with Crippen LogP contribution in [-0.2, 0) is 29.8 Å². The molecule has 0 bridgehead atoms. The Morgan fingerprint density at radius 1 is 1.21 bits per heavy atom. The van der Waals surface area contributed by atoms with E-state index in [2.05, 4.69) is 9.88 Å². The lowest BCUT2D eigenvalue weighted by molar-refractivity contribution is -0.0570. The molecular weight excluding hydrogens is 361 g/mol. The van der Waals surface area contributed by atoms with Crippen LogP contribution in [0.4, 0.5) is 10.3 Å². The van der Waals surface area contributed by atoms with E-state index in [1.165, 1.54) is 6.07 Å². The number of H-pyrrole nitrogens is 1. The number of fused-ring (bicyclic) bond motifs is 3. The second-order valence-corrected chi connectivity index (χ2v) is 7.90. The van der Waals surface area contributed by atoms with Gasteiger partial charge in [0.05, 0.1) is 19.4 Å². The molecule has 0 radical (unpaired) electrons. The topological polar surface area (TPSA) is 67.5 Å². The second-order valence-electron chi connectivity index (χ2n) is 7.90. The zero-order valence-electron chi connectivity index (χ0n) is 16.0. The van der Waals surface area contributed by atoms with Gasteiger partial charge in [-0.25, -0.2) is 9.37 Å². The van der Waals surface area contributed by atoms with Gasteiger partial charge in [-0.05, 0) is 50.7 Å². The van der Waals surface area contributed by atoms with Crippen LogP contribution in [0, 0.1) is 5.82 Å². The summed E-state index contributed by atoms with van der Waals surface area (Å²) in [7, 11) is 1.60. The maximum absolute atomic E-state index is 14.7. The van der Waals surface area contributed by atoms with Crippen molar-refractivity contribution in [3.05, 3.63) is 50.7 Å². The Bertz CT molecular complexity index is 980. The molecule has 1 aromatic heterocycles. The molecule has 1 saturated heterocycles. The van der Waals surface area contributed by atoms with E-state index in [9.17, 15) is 9.18 Å². The van der Waals surface area contributed by atoms with Crippen molar-refractivity contribution in [2.24, 2.45) is 0 Å². The van der Waals surface area contributed by atoms with Crippen molar-refractivity contribution in [2.45, 2.75) is 50.7 Å². The minimum Gasteiger partial charge on any atom is -0.496 e. The Morgan fingerprint density at radius 3 is 2.79 bits per heavy atom. The van der Waals surface area contributed by atoms with Gasteiger partial charge in [0, 0.05) is 29.8 Å². The normalized spacial score (nSPS) is 20.1. The molecule has 7 heteroatoms. The summed E-state index contributed by atoms with van der Waals surface area (Å²) < 4.78 is 26.2. The number of anilines is 1. The van der Waals surface area contributed by atoms with E-state index in [-0.39, 0.29) is 11.4 Å². The molecule has 1 fully saturated rings. The van der Waals surface area contributed by atoms with Gasteiger partial charge in [-0.2, -0.15) is 0 Å². The Hall–Kier alpha value is -2.41. The first-order valence-corrected chi connectivity index (χ1v) is 9.98. The molecule has 2 aromatic rings.